The van der Waals surface area contributed by atoms with Gasteiger partial charge in [0.15, 0.2) is 11.4 Å². The van der Waals surface area contributed by atoms with Gasteiger partial charge in [0, 0.05) is 38.4 Å². The van der Waals surface area contributed by atoms with Gasteiger partial charge in [-0.1, -0.05) is 24.3 Å². The van der Waals surface area contributed by atoms with Gasteiger partial charge < -0.3 is 31.0 Å². The van der Waals surface area contributed by atoms with Crippen molar-refractivity contribution >= 4 is 44.9 Å². The van der Waals surface area contributed by atoms with E-state index in [9.17, 15) is 40.0 Å². The number of benzene rings is 3. The molecule has 5 aromatic rings. The lowest BCUT2D eigenvalue weighted by Crippen LogP contribution is -2.28. The first-order valence-corrected chi connectivity index (χ1v) is 13.3. The molecule has 0 radical (unpaired) electrons. The van der Waals surface area contributed by atoms with Crippen molar-refractivity contribution < 1.29 is 20.1 Å². The largest absolute Gasteiger partial charge is 0.382 e. The summed E-state index contributed by atoms with van der Waals surface area (Å²) in [6, 6.07) is 13.3. The molecular weight excluding hydrogens is 604 g/mol. The van der Waals surface area contributed by atoms with E-state index in [2.05, 4.69) is 41.0 Å². The lowest BCUT2D eigenvalue weighted by molar-refractivity contribution is -0.384. The second kappa shape index (κ2) is 12.7. The van der Waals surface area contributed by atoms with E-state index in [-0.39, 0.29) is 67.4 Å². The topological polar surface area (TPSA) is 267 Å². The Balaban J connectivity index is 1.46. The van der Waals surface area contributed by atoms with Crippen molar-refractivity contribution in [3.8, 4) is 0 Å². The first kappa shape index (κ1) is 31.0. The van der Waals surface area contributed by atoms with Crippen LogP contribution in [0.15, 0.2) is 80.5 Å². The van der Waals surface area contributed by atoms with Crippen LogP contribution in [-0.4, -0.2) is 65.5 Å². The average Bonchev–Trinajstić information content (AvgIpc) is 3.04. The second-order valence-corrected chi connectivity index (χ2v) is 9.66. The third-order valence-electron chi connectivity index (χ3n) is 6.81. The van der Waals surface area contributed by atoms with Crippen LogP contribution in [0.2, 0.25) is 0 Å². The summed E-state index contributed by atoms with van der Waals surface area (Å²) in [5.74, 6) is 0. The molecular formula is C28H24N10O8. The number of hydrazone groups is 2. The van der Waals surface area contributed by atoms with Crippen LogP contribution < -0.4 is 22.0 Å². The predicted molar refractivity (Wildman–Crippen MR) is 166 cm³/mol. The Bertz CT molecular complexity index is 2020. The van der Waals surface area contributed by atoms with Gasteiger partial charge in [0.25, 0.3) is 22.5 Å². The zero-order valence-electron chi connectivity index (χ0n) is 24.0. The molecule has 3 aromatic carbocycles. The molecule has 2 atom stereocenters. The second-order valence-electron chi connectivity index (χ2n) is 9.66. The summed E-state index contributed by atoms with van der Waals surface area (Å²) in [6.45, 7) is 0. The molecule has 2 aromatic heterocycles. The molecule has 0 saturated heterocycles. The highest BCUT2D eigenvalue weighted by Gasteiger charge is 2.26. The maximum Gasteiger partial charge on any atom is 0.276 e. The van der Waals surface area contributed by atoms with Crippen LogP contribution in [0.1, 0.15) is 34.7 Å². The summed E-state index contributed by atoms with van der Waals surface area (Å²) >= 11 is 0. The number of nitrogens with zero attached hydrogens (tertiary/aromatic N) is 6. The normalized spacial score (nSPS) is 13.4. The Morgan fingerprint density at radius 1 is 0.717 bits per heavy atom. The van der Waals surface area contributed by atoms with Crippen molar-refractivity contribution in [3.63, 3.8) is 0 Å². The Morgan fingerprint density at radius 2 is 1.09 bits per heavy atom. The van der Waals surface area contributed by atoms with E-state index >= 15 is 0 Å². The van der Waals surface area contributed by atoms with Crippen LogP contribution in [0.25, 0.3) is 22.1 Å². The van der Waals surface area contributed by atoms with Gasteiger partial charge in [-0.05, 0) is 23.3 Å². The summed E-state index contributed by atoms with van der Waals surface area (Å²) in [4.78, 5) is 60.4. The zero-order chi connectivity index (χ0) is 33.1. The van der Waals surface area contributed by atoms with Gasteiger partial charge >= 0.3 is 0 Å². The summed E-state index contributed by atoms with van der Waals surface area (Å²) in [6.07, 6.45) is -2.97. The Kier molecular flexibility index (Phi) is 8.56. The number of aliphatic hydroxyl groups is 2. The number of nitro groups is 2. The maximum absolute atomic E-state index is 12.9. The number of rotatable bonds is 10. The molecule has 0 fully saturated rings. The number of hydrogen-bond donors (Lipinski definition) is 6. The van der Waals surface area contributed by atoms with Gasteiger partial charge in [0.1, 0.15) is 23.6 Å². The number of non-ortho nitro benzene ring substituents is 2. The lowest BCUT2D eigenvalue weighted by Gasteiger charge is -2.17. The van der Waals surface area contributed by atoms with Crippen molar-refractivity contribution in [2.45, 2.75) is 12.2 Å². The summed E-state index contributed by atoms with van der Waals surface area (Å²) < 4.78 is 0. The van der Waals surface area contributed by atoms with Gasteiger partial charge in [0.05, 0.1) is 31.9 Å². The molecule has 0 saturated carbocycles. The van der Waals surface area contributed by atoms with E-state index in [1.807, 2.05) is 0 Å². The van der Waals surface area contributed by atoms with Crippen molar-refractivity contribution in [1.29, 1.82) is 0 Å². The van der Waals surface area contributed by atoms with Crippen molar-refractivity contribution in [2.24, 2.45) is 10.2 Å². The van der Waals surface area contributed by atoms with E-state index in [0.29, 0.717) is 0 Å². The number of aromatic amines is 2. The molecule has 6 N–H and O–H groups in total. The quantitative estimate of drug-likeness (QED) is 0.0725. The summed E-state index contributed by atoms with van der Waals surface area (Å²) in [5.41, 5.74) is 3.53. The predicted octanol–water partition coefficient (Wildman–Crippen LogP) is 1.29. The molecule has 0 amide bonds. The van der Waals surface area contributed by atoms with Crippen LogP contribution in [0, 0.1) is 20.2 Å². The van der Waals surface area contributed by atoms with Crippen molar-refractivity contribution in [1.82, 2.24) is 30.8 Å². The number of aromatic nitrogens is 4. The fraction of sp³-hybridized carbons (Fsp3) is 0.143. The molecule has 0 unspecified atom stereocenters. The third kappa shape index (κ3) is 6.00. The highest BCUT2D eigenvalue weighted by Crippen LogP contribution is 2.24. The first-order chi connectivity index (χ1) is 22.0. The van der Waals surface area contributed by atoms with Crippen LogP contribution in [0.4, 0.5) is 11.4 Å². The molecule has 0 spiro atoms. The molecule has 0 aliphatic carbocycles. The fourth-order valence-electron chi connectivity index (χ4n) is 4.63. The Morgan fingerprint density at radius 3 is 1.41 bits per heavy atom. The molecule has 18 heteroatoms. The minimum atomic E-state index is -1.48. The summed E-state index contributed by atoms with van der Waals surface area (Å²) in [5, 5.41) is 52.8. The van der Waals surface area contributed by atoms with E-state index in [1.165, 1.54) is 74.8 Å². The number of hydrogen-bond acceptors (Lipinski definition) is 14. The molecule has 46 heavy (non-hydrogen) atoms. The SMILES string of the molecule is CN/N=C(/c1nc2ccc([N+](=O)[O-])cc2[nH]c1=O)[C@@H](O)c1ccc([C@@H](O)/C(=N/NC)c2nc3ccc([N+](=O)[O-])cc3[nH]c2=O)cc1. The standard InChI is InChI=1S/C28H24N10O8/c1-29-35-21(23-27(41)33-19-11-15(37(43)44)7-9-17(19)31-23)25(39)13-3-5-14(6-4-13)26(40)22(36-30-2)24-28(42)34-20-12-16(38(45)46)8-10-18(20)32-24/h3-12,25-26,29-30,39-40H,1-2H3,(H,33,41)(H,34,42)/b35-21-,36-22+/t25-,26+/m0/s1. The first-order valence-electron chi connectivity index (χ1n) is 13.3. The monoisotopic (exact) mass is 628 g/mol. The lowest BCUT2D eigenvalue weighted by atomic mass is 9.97. The Labute approximate surface area is 256 Å². The molecule has 0 aliphatic rings. The van der Waals surface area contributed by atoms with Crippen LogP contribution in [0.3, 0.4) is 0 Å². The molecule has 0 bridgehead atoms. The summed E-state index contributed by atoms with van der Waals surface area (Å²) in [7, 11) is 2.91. The number of aliphatic hydroxyl groups excluding tert-OH is 2. The minimum Gasteiger partial charge on any atom is -0.382 e. The molecule has 2 heterocycles. The number of nitro benzene ring substituents is 2. The van der Waals surface area contributed by atoms with Crippen LogP contribution in [-0.2, 0) is 0 Å². The minimum absolute atomic E-state index is 0.125. The zero-order valence-corrected chi connectivity index (χ0v) is 24.0. The molecule has 234 valence electrons. The Hall–Kier alpha value is -6.40. The van der Waals surface area contributed by atoms with E-state index in [1.54, 1.807) is 0 Å². The van der Waals surface area contributed by atoms with Gasteiger partial charge in [-0.15, -0.1) is 0 Å². The van der Waals surface area contributed by atoms with E-state index in [0.717, 1.165) is 0 Å². The van der Waals surface area contributed by atoms with Gasteiger partial charge in [0.2, 0.25) is 0 Å². The van der Waals surface area contributed by atoms with Gasteiger partial charge in [-0.25, -0.2) is 9.97 Å². The number of fused-ring (bicyclic) bond motifs is 2. The van der Waals surface area contributed by atoms with E-state index < -0.39 is 33.2 Å². The highest BCUT2D eigenvalue weighted by molar-refractivity contribution is 6.04. The molecule has 0 aliphatic heterocycles. The van der Waals surface area contributed by atoms with Gasteiger partial charge in [-0.3, -0.25) is 29.8 Å². The van der Waals surface area contributed by atoms with E-state index in [4.69, 9.17) is 0 Å². The van der Waals surface area contributed by atoms with Crippen molar-refractivity contribution in [2.75, 3.05) is 14.1 Å². The van der Waals surface area contributed by atoms with Crippen molar-refractivity contribution in [3.05, 3.63) is 124 Å². The smallest absolute Gasteiger partial charge is 0.276 e. The maximum atomic E-state index is 12.9. The van der Waals surface area contributed by atoms with Crippen LogP contribution >= 0.6 is 0 Å². The third-order valence-corrected chi connectivity index (χ3v) is 6.81. The number of H-pyrrole nitrogens is 2. The van der Waals surface area contributed by atoms with Crippen LogP contribution in [0.5, 0.6) is 0 Å². The number of nitrogens with one attached hydrogen (secondary N) is 4. The fourth-order valence-corrected chi connectivity index (χ4v) is 4.63. The van der Waals surface area contributed by atoms with Gasteiger partial charge in [-0.2, -0.15) is 10.2 Å². The average molecular weight is 629 g/mol. The molecule has 5 rings (SSSR count). The molecule has 18 nitrogen and oxygen atoms in total. The highest BCUT2D eigenvalue weighted by atomic mass is 16.6.